The van der Waals surface area contributed by atoms with Gasteiger partial charge in [0, 0.05) is 42.1 Å². The molecule has 0 saturated heterocycles. The van der Waals surface area contributed by atoms with Crippen LogP contribution in [0.4, 0.5) is 0 Å². The molecule has 0 aromatic carbocycles. The summed E-state index contributed by atoms with van der Waals surface area (Å²) in [5, 5.41) is 10.9. The Hall–Kier alpha value is -4.13. The van der Waals surface area contributed by atoms with Gasteiger partial charge in [0.1, 0.15) is 0 Å². The highest BCUT2D eigenvalue weighted by molar-refractivity contribution is 5.57. The number of rotatable bonds is 3. The van der Waals surface area contributed by atoms with Crippen LogP contribution in [-0.2, 0) is 0 Å². The summed E-state index contributed by atoms with van der Waals surface area (Å²) >= 11 is 0. The quantitative estimate of drug-likeness (QED) is 0.524. The highest BCUT2D eigenvalue weighted by atomic mass is 15.3. The Bertz CT molecular complexity index is 1040. The smallest absolute Gasteiger partial charge is 0.0828 e. The number of hydrogen-bond donors (Lipinski definition) is 1. The molecule has 5 heterocycles. The summed E-state index contributed by atoms with van der Waals surface area (Å²) in [6, 6.07) is 15.5. The average Bonchev–Trinajstić information content (AvgIpc) is 3.49. The molecule has 0 aliphatic heterocycles. The minimum Gasteiger partial charge on any atom is -0.285 e. The Morgan fingerprint density at radius 2 is 1.50 bits per heavy atom. The number of hydrogen-bond acceptors (Lipinski definition) is 5. The minimum atomic E-state index is 0.919. The van der Waals surface area contributed by atoms with E-state index in [0.717, 1.165) is 28.2 Å². The Morgan fingerprint density at radius 1 is 0.714 bits per heavy atom. The molecule has 0 aliphatic rings. The molecule has 5 aromatic rings. The van der Waals surface area contributed by atoms with Gasteiger partial charge in [-0.2, -0.15) is 10.2 Å². The second-order valence-electron chi connectivity index (χ2n) is 5.80. The van der Waals surface area contributed by atoms with Crippen LogP contribution in [-0.4, -0.2) is 34.9 Å². The van der Waals surface area contributed by atoms with Crippen molar-refractivity contribution in [2.45, 2.75) is 0 Å². The molecule has 136 valence electrons. The fraction of sp³-hybridized carbons (Fsp3) is 0. The van der Waals surface area contributed by atoms with Gasteiger partial charge >= 0.3 is 0 Å². The molecule has 0 spiro atoms. The first-order valence-corrected chi connectivity index (χ1v) is 8.67. The van der Waals surface area contributed by atoms with Gasteiger partial charge in [-0.15, -0.1) is 0 Å². The normalized spacial score (nSPS) is 10.1. The van der Waals surface area contributed by atoms with E-state index in [1.807, 2.05) is 60.9 Å². The molecule has 0 amide bonds. The van der Waals surface area contributed by atoms with Crippen LogP contribution in [0.2, 0.25) is 0 Å². The Labute approximate surface area is 161 Å². The molecule has 1 N–H and O–H groups in total. The van der Waals surface area contributed by atoms with Crippen molar-refractivity contribution in [2.75, 3.05) is 0 Å². The lowest BCUT2D eigenvalue weighted by molar-refractivity contribution is 0.874. The second kappa shape index (κ2) is 8.50. The summed E-state index contributed by atoms with van der Waals surface area (Å²) in [6.07, 6.45) is 14.4. The first-order valence-electron chi connectivity index (χ1n) is 8.67. The van der Waals surface area contributed by atoms with E-state index in [1.165, 1.54) is 0 Å². The maximum Gasteiger partial charge on any atom is 0.0828 e. The SMILES string of the molecule is c1ccc(-c2cn[nH]c2)nc1.c1ccc(-c2cnn(-c3cccnc3)c2)nc1. The van der Waals surface area contributed by atoms with Gasteiger partial charge in [0.05, 0.1) is 35.7 Å². The van der Waals surface area contributed by atoms with Crippen LogP contribution in [0.25, 0.3) is 28.2 Å². The molecule has 5 rings (SSSR count). The number of H-pyrrole nitrogens is 1. The zero-order valence-electron chi connectivity index (χ0n) is 14.9. The summed E-state index contributed by atoms with van der Waals surface area (Å²) in [6.45, 7) is 0. The van der Waals surface area contributed by atoms with Gasteiger partial charge in [0.15, 0.2) is 0 Å². The summed E-state index contributed by atoms with van der Waals surface area (Å²) in [7, 11) is 0. The molecule has 0 atom stereocenters. The number of aromatic amines is 1. The van der Waals surface area contributed by atoms with E-state index in [-0.39, 0.29) is 0 Å². The standard InChI is InChI=1S/C13H10N4.C8H7N3/c1-2-7-15-13(5-1)11-8-16-17(10-11)12-4-3-6-14-9-12;1-2-4-9-8(3-1)7-5-10-11-6-7/h1-10H;1-6H,(H,10,11). The van der Waals surface area contributed by atoms with Crippen molar-refractivity contribution >= 4 is 0 Å². The van der Waals surface area contributed by atoms with Crippen molar-refractivity contribution in [3.63, 3.8) is 0 Å². The maximum absolute atomic E-state index is 4.30. The lowest BCUT2D eigenvalue weighted by Gasteiger charge is -1.98. The van der Waals surface area contributed by atoms with E-state index >= 15 is 0 Å². The molecule has 5 aromatic heterocycles. The van der Waals surface area contributed by atoms with Gasteiger partial charge in [-0.3, -0.25) is 20.1 Å². The highest BCUT2D eigenvalue weighted by Gasteiger charge is 2.03. The molecule has 0 radical (unpaired) electrons. The predicted molar refractivity (Wildman–Crippen MR) is 106 cm³/mol. The number of pyridine rings is 3. The van der Waals surface area contributed by atoms with E-state index < -0.39 is 0 Å². The predicted octanol–water partition coefficient (Wildman–Crippen LogP) is 3.80. The Balaban J connectivity index is 0.000000151. The molecular weight excluding hydrogens is 350 g/mol. The molecule has 0 fully saturated rings. The van der Waals surface area contributed by atoms with Gasteiger partial charge in [0.25, 0.3) is 0 Å². The van der Waals surface area contributed by atoms with Crippen molar-refractivity contribution in [1.82, 2.24) is 34.9 Å². The van der Waals surface area contributed by atoms with Crippen LogP contribution in [0, 0.1) is 0 Å². The van der Waals surface area contributed by atoms with Gasteiger partial charge in [-0.25, -0.2) is 4.68 Å². The molecular formula is C21H17N7. The number of nitrogens with zero attached hydrogens (tertiary/aromatic N) is 6. The molecule has 7 nitrogen and oxygen atoms in total. The third-order valence-electron chi connectivity index (χ3n) is 3.91. The largest absolute Gasteiger partial charge is 0.285 e. The Morgan fingerprint density at radius 3 is 2.11 bits per heavy atom. The van der Waals surface area contributed by atoms with Crippen molar-refractivity contribution < 1.29 is 0 Å². The lowest BCUT2D eigenvalue weighted by atomic mass is 10.2. The summed E-state index contributed by atoms with van der Waals surface area (Å²) in [5.74, 6) is 0. The topological polar surface area (TPSA) is 85.2 Å². The minimum absolute atomic E-state index is 0.919. The molecule has 0 aliphatic carbocycles. The van der Waals surface area contributed by atoms with E-state index in [0.29, 0.717) is 0 Å². The zero-order valence-corrected chi connectivity index (χ0v) is 14.9. The first kappa shape index (κ1) is 17.3. The van der Waals surface area contributed by atoms with Crippen LogP contribution in [0.15, 0.2) is 98.1 Å². The van der Waals surface area contributed by atoms with Gasteiger partial charge < -0.3 is 0 Å². The lowest BCUT2D eigenvalue weighted by Crippen LogP contribution is -1.93. The first-order chi connectivity index (χ1) is 13.9. The van der Waals surface area contributed by atoms with Crippen LogP contribution >= 0.6 is 0 Å². The number of nitrogens with one attached hydrogen (secondary N) is 1. The van der Waals surface area contributed by atoms with Crippen LogP contribution in [0.1, 0.15) is 0 Å². The average molecular weight is 367 g/mol. The Kier molecular flexibility index (Phi) is 5.25. The third kappa shape index (κ3) is 4.16. The molecule has 0 saturated carbocycles. The van der Waals surface area contributed by atoms with Crippen molar-refractivity contribution in [2.24, 2.45) is 0 Å². The molecule has 0 bridgehead atoms. The van der Waals surface area contributed by atoms with E-state index in [9.17, 15) is 0 Å². The summed E-state index contributed by atoms with van der Waals surface area (Å²) in [4.78, 5) is 12.5. The van der Waals surface area contributed by atoms with Gasteiger partial charge in [-0.1, -0.05) is 12.1 Å². The van der Waals surface area contributed by atoms with E-state index in [2.05, 4.69) is 30.2 Å². The van der Waals surface area contributed by atoms with Gasteiger partial charge in [0.2, 0.25) is 0 Å². The second-order valence-corrected chi connectivity index (χ2v) is 5.80. The van der Waals surface area contributed by atoms with Crippen molar-refractivity contribution in [1.29, 1.82) is 0 Å². The fourth-order valence-electron chi connectivity index (χ4n) is 2.54. The number of aromatic nitrogens is 7. The third-order valence-corrected chi connectivity index (χ3v) is 3.91. The van der Waals surface area contributed by atoms with E-state index in [1.54, 1.807) is 41.9 Å². The zero-order chi connectivity index (χ0) is 19.0. The maximum atomic E-state index is 4.30. The van der Waals surface area contributed by atoms with Crippen molar-refractivity contribution in [3.8, 4) is 28.2 Å². The fourth-order valence-corrected chi connectivity index (χ4v) is 2.54. The molecule has 0 unspecified atom stereocenters. The van der Waals surface area contributed by atoms with Crippen LogP contribution < -0.4 is 0 Å². The monoisotopic (exact) mass is 367 g/mol. The van der Waals surface area contributed by atoms with E-state index in [4.69, 9.17) is 0 Å². The van der Waals surface area contributed by atoms with Gasteiger partial charge in [-0.05, 0) is 36.4 Å². The molecule has 7 heteroatoms. The van der Waals surface area contributed by atoms with Crippen LogP contribution in [0.3, 0.4) is 0 Å². The summed E-state index contributed by atoms with van der Waals surface area (Å²) < 4.78 is 1.79. The molecule has 28 heavy (non-hydrogen) atoms. The highest BCUT2D eigenvalue weighted by Crippen LogP contribution is 2.16. The summed E-state index contributed by atoms with van der Waals surface area (Å²) in [5.41, 5.74) is 4.82. The van der Waals surface area contributed by atoms with Crippen LogP contribution in [0.5, 0.6) is 0 Å². The van der Waals surface area contributed by atoms with Crippen molar-refractivity contribution in [3.05, 3.63) is 98.1 Å².